The molecular formula is C46H80O9Si2. The van der Waals surface area contributed by atoms with Gasteiger partial charge in [-0.25, -0.2) is 4.79 Å². The molecule has 0 radical (unpaired) electrons. The van der Waals surface area contributed by atoms with Crippen molar-refractivity contribution in [3.8, 4) is 0 Å². The molecule has 1 spiro atoms. The molecule has 2 fully saturated rings. The summed E-state index contributed by atoms with van der Waals surface area (Å²) in [4.78, 5) is 26.8. The van der Waals surface area contributed by atoms with E-state index in [2.05, 4.69) is 94.2 Å². The van der Waals surface area contributed by atoms with Gasteiger partial charge in [0, 0.05) is 34.4 Å². The van der Waals surface area contributed by atoms with E-state index in [9.17, 15) is 14.7 Å². The summed E-state index contributed by atoms with van der Waals surface area (Å²) in [5, 5.41) is 12.4. The van der Waals surface area contributed by atoms with E-state index in [1.807, 2.05) is 13.0 Å². The summed E-state index contributed by atoms with van der Waals surface area (Å²) in [5.41, 5.74) is 0.155. The third-order valence-electron chi connectivity index (χ3n) is 12.8. The lowest BCUT2D eigenvalue weighted by Crippen LogP contribution is -2.56. The first-order chi connectivity index (χ1) is 26.3. The maximum absolute atomic E-state index is 13.5. The third kappa shape index (κ3) is 13.6. The van der Waals surface area contributed by atoms with Crippen LogP contribution in [0.1, 0.15) is 107 Å². The number of esters is 2. The van der Waals surface area contributed by atoms with Crippen LogP contribution in [0.4, 0.5) is 0 Å². The molecule has 1 N–H and O–H groups in total. The first-order valence-electron chi connectivity index (χ1n) is 21.5. The second-order valence-electron chi connectivity index (χ2n) is 20.6. The lowest BCUT2D eigenvalue weighted by atomic mass is 9.71. The molecule has 11 heteroatoms. The molecule has 0 aromatic rings. The van der Waals surface area contributed by atoms with Gasteiger partial charge in [-0.3, -0.25) is 4.79 Å². The largest absolute Gasteiger partial charge is 0.466 e. The molecule has 0 bridgehead atoms. The van der Waals surface area contributed by atoms with E-state index in [1.165, 1.54) is 12.7 Å². The molecule has 3 aliphatic rings. The zero-order valence-corrected chi connectivity index (χ0v) is 40.6. The fraction of sp³-hybridized carbons (Fsp3) is 0.783. The quantitative estimate of drug-likeness (QED) is 0.0534. The number of ether oxygens (including phenoxy) is 5. The summed E-state index contributed by atoms with van der Waals surface area (Å²) < 4.78 is 37.4. The summed E-state index contributed by atoms with van der Waals surface area (Å²) in [6, 6.07) is 0.800. The highest BCUT2D eigenvalue weighted by Gasteiger charge is 2.52. The van der Waals surface area contributed by atoms with Crippen molar-refractivity contribution in [3.63, 3.8) is 0 Å². The lowest BCUT2D eigenvalue weighted by molar-refractivity contribution is -0.338. The Kier molecular flexibility index (Phi) is 17.5. The van der Waals surface area contributed by atoms with Crippen LogP contribution in [0.3, 0.4) is 0 Å². The number of allylic oxidation sites excluding steroid dienone is 4. The van der Waals surface area contributed by atoms with Gasteiger partial charge in [-0.2, -0.15) is 0 Å². The zero-order chi connectivity index (χ0) is 43.1. The van der Waals surface area contributed by atoms with Crippen LogP contribution in [0.25, 0.3) is 0 Å². The van der Waals surface area contributed by atoms with Crippen LogP contribution < -0.4 is 0 Å². The SMILES string of the molecule is COC(=O)/C(=C\C=C\[C@H](C)C/C(C)=C/C[C@@H]1C[C@H](O[Si](C)(C)C(C)(C)C)C[C@]2(CC[C@H](C)[C@@H](C(C)C)O2)O1)[C@]1(O)C[C@H](OC)C(C)=C[C@H]1C(=O)OCC[Si](C)(C)C. The van der Waals surface area contributed by atoms with Gasteiger partial charge in [0.15, 0.2) is 14.1 Å². The van der Waals surface area contributed by atoms with Gasteiger partial charge in [0.2, 0.25) is 0 Å². The average molecular weight is 833 g/mol. The number of rotatable bonds is 16. The topological polar surface area (TPSA) is 110 Å². The fourth-order valence-corrected chi connectivity index (χ4v) is 10.4. The van der Waals surface area contributed by atoms with Crippen molar-refractivity contribution in [2.45, 2.75) is 187 Å². The Labute approximate surface area is 348 Å². The van der Waals surface area contributed by atoms with E-state index in [4.69, 9.17) is 28.1 Å². The van der Waals surface area contributed by atoms with Gasteiger partial charge in [-0.05, 0) is 93.1 Å². The van der Waals surface area contributed by atoms with Gasteiger partial charge in [-0.1, -0.05) is 98.0 Å². The standard InChI is InChI=1S/C46H80O9Si2/c1-31(2)41-34(5)22-23-45(54-41)29-37(55-57(15,16)44(7,8)9)28-36(53-45)21-20-33(4)26-32(3)18-17-19-38(42(47)51-11)46(49)30-40(50-10)35(6)27-39(46)43(48)52-24-25-56(12,13)14/h17-20,27,31-32,34,36-37,39-41,49H,21-26,28-30H2,1-16H3/b18-17+,33-20+,38-19+/t32-,34-,36+,37-,39-,40-,41+,45+,46+/m0/s1. The number of carbonyl (C=O) groups excluding carboxylic acids is 2. The highest BCUT2D eigenvalue weighted by Crippen LogP contribution is 2.47. The highest BCUT2D eigenvalue weighted by molar-refractivity contribution is 6.76. The Balaban J connectivity index is 1.80. The average Bonchev–Trinajstić information content (AvgIpc) is 3.09. The summed E-state index contributed by atoms with van der Waals surface area (Å²) in [5.74, 6) is -1.95. The minimum absolute atomic E-state index is 0.00413. The van der Waals surface area contributed by atoms with Crippen LogP contribution in [-0.4, -0.2) is 90.1 Å². The van der Waals surface area contributed by atoms with Gasteiger partial charge in [0.05, 0.1) is 43.7 Å². The number of carbonyl (C=O) groups is 2. The Hall–Kier alpha value is -1.87. The van der Waals surface area contributed by atoms with Crippen molar-refractivity contribution in [1.82, 2.24) is 0 Å². The molecule has 1 aliphatic carbocycles. The fourth-order valence-electron chi connectivity index (χ4n) is 8.28. The molecule has 2 saturated heterocycles. The van der Waals surface area contributed by atoms with Gasteiger partial charge >= 0.3 is 11.9 Å². The van der Waals surface area contributed by atoms with Crippen LogP contribution in [-0.2, 0) is 37.7 Å². The lowest BCUT2D eigenvalue weighted by Gasteiger charge is -2.52. The molecule has 2 heterocycles. The van der Waals surface area contributed by atoms with Crippen LogP contribution in [0.5, 0.6) is 0 Å². The molecule has 2 aliphatic heterocycles. The Morgan fingerprint density at radius 3 is 2.32 bits per heavy atom. The maximum atomic E-state index is 13.5. The summed E-state index contributed by atoms with van der Waals surface area (Å²) in [6.45, 7) is 31.4. The first kappa shape index (κ1) is 49.5. The van der Waals surface area contributed by atoms with E-state index in [-0.39, 0.29) is 47.9 Å². The normalized spacial score (nSPS) is 31.4. The van der Waals surface area contributed by atoms with Crippen molar-refractivity contribution in [2.75, 3.05) is 20.8 Å². The van der Waals surface area contributed by atoms with E-state index in [0.29, 0.717) is 11.8 Å². The van der Waals surface area contributed by atoms with Crippen molar-refractivity contribution in [3.05, 3.63) is 47.1 Å². The summed E-state index contributed by atoms with van der Waals surface area (Å²) in [7, 11) is -0.638. The number of aliphatic hydroxyl groups is 1. The molecule has 326 valence electrons. The number of hydrogen-bond acceptors (Lipinski definition) is 9. The molecule has 57 heavy (non-hydrogen) atoms. The van der Waals surface area contributed by atoms with E-state index in [0.717, 1.165) is 50.1 Å². The molecule has 9 atom stereocenters. The molecule has 0 unspecified atom stereocenters. The summed E-state index contributed by atoms with van der Waals surface area (Å²) >= 11 is 0. The molecule has 3 rings (SSSR count). The maximum Gasteiger partial charge on any atom is 0.336 e. The first-order valence-corrected chi connectivity index (χ1v) is 28.1. The molecule has 0 aromatic heterocycles. The van der Waals surface area contributed by atoms with Crippen LogP contribution >= 0.6 is 0 Å². The molecule has 0 amide bonds. The van der Waals surface area contributed by atoms with Gasteiger partial charge < -0.3 is 33.2 Å². The minimum atomic E-state index is -2.01. The van der Waals surface area contributed by atoms with Crippen LogP contribution in [0.15, 0.2) is 47.1 Å². The molecule has 0 aromatic carbocycles. The van der Waals surface area contributed by atoms with Crippen molar-refractivity contribution in [1.29, 1.82) is 0 Å². The minimum Gasteiger partial charge on any atom is -0.466 e. The predicted octanol–water partition coefficient (Wildman–Crippen LogP) is 10.3. The second-order valence-corrected chi connectivity index (χ2v) is 31.0. The van der Waals surface area contributed by atoms with Crippen molar-refractivity contribution < 1.29 is 42.8 Å². The highest BCUT2D eigenvalue weighted by atomic mass is 28.4. The van der Waals surface area contributed by atoms with Gasteiger partial charge in [0.1, 0.15) is 11.5 Å². The molecule has 9 nitrogen and oxygen atoms in total. The predicted molar refractivity (Wildman–Crippen MR) is 235 cm³/mol. The zero-order valence-electron chi connectivity index (χ0n) is 38.6. The number of hydrogen-bond donors (Lipinski definition) is 1. The third-order valence-corrected chi connectivity index (χ3v) is 19.0. The van der Waals surface area contributed by atoms with Crippen LogP contribution in [0.2, 0.25) is 43.8 Å². The van der Waals surface area contributed by atoms with E-state index in [1.54, 1.807) is 25.3 Å². The van der Waals surface area contributed by atoms with Crippen molar-refractivity contribution in [2.24, 2.45) is 23.7 Å². The number of methoxy groups -OCH3 is 2. The van der Waals surface area contributed by atoms with Gasteiger partial charge in [0.25, 0.3) is 0 Å². The van der Waals surface area contributed by atoms with Crippen LogP contribution in [0, 0.1) is 23.7 Å². The Morgan fingerprint density at radius 2 is 1.74 bits per heavy atom. The Bertz CT molecular complexity index is 1480. The van der Waals surface area contributed by atoms with E-state index < -0.39 is 51.7 Å². The monoisotopic (exact) mass is 833 g/mol. The van der Waals surface area contributed by atoms with Gasteiger partial charge in [-0.15, -0.1) is 0 Å². The summed E-state index contributed by atoms with van der Waals surface area (Å²) in [6.07, 6.45) is 14.3. The second kappa shape index (κ2) is 20.1. The smallest absolute Gasteiger partial charge is 0.336 e. The molecular weight excluding hydrogens is 753 g/mol. The van der Waals surface area contributed by atoms with Crippen molar-refractivity contribution >= 4 is 28.3 Å². The van der Waals surface area contributed by atoms with E-state index >= 15 is 0 Å². The Morgan fingerprint density at radius 1 is 1.07 bits per heavy atom. The molecule has 0 saturated carbocycles.